The summed E-state index contributed by atoms with van der Waals surface area (Å²) < 4.78 is 24.5. The molecule has 0 radical (unpaired) electrons. The van der Waals surface area contributed by atoms with Gasteiger partial charge in [0.15, 0.2) is 0 Å². The zero-order chi connectivity index (χ0) is 14.6. The van der Waals surface area contributed by atoms with Gasteiger partial charge in [0.2, 0.25) is 10.0 Å². The van der Waals surface area contributed by atoms with Gasteiger partial charge >= 0.3 is 0 Å². The third-order valence-corrected chi connectivity index (χ3v) is 3.89. The maximum atomic E-state index is 12.3. The van der Waals surface area contributed by atoms with Gasteiger partial charge < -0.3 is 4.90 Å². The molecule has 0 aromatic carbocycles. The average molecular weight is 297 g/mol. The molecule has 20 heavy (non-hydrogen) atoms. The van der Waals surface area contributed by atoms with Crippen molar-refractivity contribution in [2.75, 3.05) is 19.3 Å². The van der Waals surface area contributed by atoms with Gasteiger partial charge in [0.25, 0.3) is 5.91 Å². The highest BCUT2D eigenvalue weighted by Crippen LogP contribution is 2.13. The monoisotopic (exact) mass is 297 g/mol. The molecule has 0 saturated carbocycles. The van der Waals surface area contributed by atoms with Crippen molar-refractivity contribution < 1.29 is 13.2 Å². The molecule has 0 spiro atoms. The highest BCUT2D eigenvalue weighted by molar-refractivity contribution is 7.88. The van der Waals surface area contributed by atoms with E-state index in [1.54, 1.807) is 12.1 Å². The van der Waals surface area contributed by atoms with Gasteiger partial charge in [-0.1, -0.05) is 0 Å². The van der Waals surface area contributed by atoms with Crippen LogP contribution in [0, 0.1) is 0 Å². The van der Waals surface area contributed by atoms with Crippen LogP contribution in [-0.4, -0.2) is 43.6 Å². The molecule has 2 rings (SSSR count). The van der Waals surface area contributed by atoms with E-state index in [1.165, 1.54) is 12.6 Å². The first kappa shape index (κ1) is 14.9. The maximum absolute atomic E-state index is 12.3. The Balaban J connectivity index is 2.06. The van der Waals surface area contributed by atoms with Crippen LogP contribution >= 0.6 is 0 Å². The molecule has 6 nitrogen and oxygen atoms in total. The van der Waals surface area contributed by atoms with Crippen molar-refractivity contribution in [2.45, 2.75) is 25.8 Å². The van der Waals surface area contributed by atoms with E-state index in [0.29, 0.717) is 11.3 Å². The molecule has 1 amide bonds. The third-order valence-electron chi connectivity index (χ3n) is 3.22. The van der Waals surface area contributed by atoms with Crippen LogP contribution in [-0.2, 0) is 16.6 Å². The number of piperidine rings is 1. The number of amides is 1. The van der Waals surface area contributed by atoms with Crippen molar-refractivity contribution >= 4 is 15.9 Å². The predicted octanol–water partition coefficient (Wildman–Crippen LogP) is 0.757. The van der Waals surface area contributed by atoms with Gasteiger partial charge in [-0.05, 0) is 31.4 Å². The normalized spacial score (nSPS) is 16.1. The molecule has 2 heterocycles. The van der Waals surface area contributed by atoms with Gasteiger partial charge in [0, 0.05) is 24.8 Å². The topological polar surface area (TPSA) is 79.4 Å². The average Bonchev–Trinajstić information content (AvgIpc) is 2.45. The Bertz CT molecular complexity index is 580. The molecule has 1 N–H and O–H groups in total. The first-order chi connectivity index (χ1) is 9.46. The summed E-state index contributed by atoms with van der Waals surface area (Å²) in [6.45, 7) is 1.68. The molecule has 0 unspecified atom stereocenters. The van der Waals surface area contributed by atoms with Crippen molar-refractivity contribution in [1.29, 1.82) is 0 Å². The second-order valence-electron chi connectivity index (χ2n) is 4.98. The SMILES string of the molecule is CS(=O)(=O)NCc1cc(C(=O)N2CCCCC2)ccn1. The van der Waals surface area contributed by atoms with E-state index in [-0.39, 0.29) is 12.5 Å². The van der Waals surface area contributed by atoms with Crippen molar-refractivity contribution in [1.82, 2.24) is 14.6 Å². The number of carbonyl (C=O) groups is 1. The van der Waals surface area contributed by atoms with E-state index in [2.05, 4.69) is 9.71 Å². The number of sulfonamides is 1. The Kier molecular flexibility index (Phi) is 4.72. The molecule has 1 aromatic rings. The molecule has 0 atom stereocenters. The van der Waals surface area contributed by atoms with Gasteiger partial charge in [-0.3, -0.25) is 9.78 Å². The summed E-state index contributed by atoms with van der Waals surface area (Å²) in [4.78, 5) is 18.2. The van der Waals surface area contributed by atoms with Crippen LogP contribution in [0.5, 0.6) is 0 Å². The van der Waals surface area contributed by atoms with E-state index in [1.807, 2.05) is 4.90 Å². The third kappa shape index (κ3) is 4.28. The summed E-state index contributed by atoms with van der Waals surface area (Å²) in [6.07, 6.45) is 5.88. The summed E-state index contributed by atoms with van der Waals surface area (Å²) in [7, 11) is -3.26. The predicted molar refractivity (Wildman–Crippen MR) is 75.7 cm³/mol. The van der Waals surface area contributed by atoms with Crippen LogP contribution in [0.1, 0.15) is 35.3 Å². The van der Waals surface area contributed by atoms with Crippen LogP contribution in [0.15, 0.2) is 18.3 Å². The number of rotatable bonds is 4. The van der Waals surface area contributed by atoms with Gasteiger partial charge in [0.1, 0.15) is 0 Å². The van der Waals surface area contributed by atoms with Crippen LogP contribution < -0.4 is 4.72 Å². The van der Waals surface area contributed by atoms with Gasteiger partial charge in [-0.25, -0.2) is 13.1 Å². The van der Waals surface area contributed by atoms with Crippen LogP contribution in [0.4, 0.5) is 0 Å². The minimum atomic E-state index is -3.26. The number of carbonyl (C=O) groups excluding carboxylic acids is 1. The highest BCUT2D eigenvalue weighted by Gasteiger charge is 2.18. The van der Waals surface area contributed by atoms with E-state index in [4.69, 9.17) is 0 Å². The summed E-state index contributed by atoms with van der Waals surface area (Å²) in [5.41, 5.74) is 1.10. The second kappa shape index (κ2) is 6.32. The lowest BCUT2D eigenvalue weighted by Crippen LogP contribution is -2.35. The minimum absolute atomic E-state index is 0.00675. The molecule has 1 aromatic heterocycles. The van der Waals surface area contributed by atoms with E-state index in [9.17, 15) is 13.2 Å². The largest absolute Gasteiger partial charge is 0.339 e. The summed E-state index contributed by atoms with van der Waals surface area (Å²) in [5.74, 6) is -0.00675. The lowest BCUT2D eigenvalue weighted by Gasteiger charge is -2.26. The molecule has 1 aliphatic heterocycles. The Hall–Kier alpha value is -1.47. The Labute approximate surface area is 119 Å². The van der Waals surface area contributed by atoms with Gasteiger partial charge in [-0.2, -0.15) is 0 Å². The number of hydrogen-bond acceptors (Lipinski definition) is 4. The standard InChI is InChI=1S/C13H19N3O3S/c1-20(18,19)15-10-12-9-11(5-6-14-12)13(17)16-7-3-2-4-8-16/h5-6,9,15H,2-4,7-8,10H2,1H3. The quantitative estimate of drug-likeness (QED) is 0.889. The number of nitrogens with one attached hydrogen (secondary N) is 1. The molecular formula is C13H19N3O3S. The van der Waals surface area contributed by atoms with E-state index >= 15 is 0 Å². The van der Waals surface area contributed by atoms with Crippen LogP contribution in [0.3, 0.4) is 0 Å². The highest BCUT2D eigenvalue weighted by atomic mass is 32.2. The number of likely N-dealkylation sites (tertiary alicyclic amines) is 1. The number of pyridine rings is 1. The second-order valence-corrected chi connectivity index (χ2v) is 6.82. The molecule has 0 aliphatic carbocycles. The lowest BCUT2D eigenvalue weighted by molar-refractivity contribution is 0.0724. The number of hydrogen-bond donors (Lipinski definition) is 1. The first-order valence-electron chi connectivity index (χ1n) is 6.64. The van der Waals surface area contributed by atoms with Crippen molar-refractivity contribution in [3.05, 3.63) is 29.6 Å². The molecule has 0 bridgehead atoms. The van der Waals surface area contributed by atoms with Crippen LogP contribution in [0.25, 0.3) is 0 Å². The fraction of sp³-hybridized carbons (Fsp3) is 0.538. The van der Waals surface area contributed by atoms with Gasteiger partial charge in [-0.15, -0.1) is 0 Å². The summed E-state index contributed by atoms with van der Waals surface area (Å²) >= 11 is 0. The molecule has 1 saturated heterocycles. The van der Waals surface area contributed by atoms with Crippen molar-refractivity contribution in [3.63, 3.8) is 0 Å². The van der Waals surface area contributed by atoms with Crippen LogP contribution in [0.2, 0.25) is 0 Å². The van der Waals surface area contributed by atoms with E-state index < -0.39 is 10.0 Å². The molecule has 7 heteroatoms. The summed E-state index contributed by atoms with van der Waals surface area (Å²) in [6, 6.07) is 3.32. The Morgan fingerprint density at radius 1 is 1.35 bits per heavy atom. The number of nitrogens with zero attached hydrogens (tertiary/aromatic N) is 2. The molecule has 110 valence electrons. The zero-order valence-electron chi connectivity index (χ0n) is 11.5. The smallest absolute Gasteiger partial charge is 0.253 e. The molecule has 1 fully saturated rings. The molecule has 1 aliphatic rings. The lowest BCUT2D eigenvalue weighted by atomic mass is 10.1. The zero-order valence-corrected chi connectivity index (χ0v) is 12.3. The van der Waals surface area contributed by atoms with E-state index in [0.717, 1.165) is 32.2 Å². The Morgan fingerprint density at radius 2 is 2.05 bits per heavy atom. The maximum Gasteiger partial charge on any atom is 0.253 e. The van der Waals surface area contributed by atoms with Crippen molar-refractivity contribution in [3.8, 4) is 0 Å². The fourth-order valence-electron chi connectivity index (χ4n) is 2.19. The summed E-state index contributed by atoms with van der Waals surface area (Å²) in [5, 5.41) is 0. The van der Waals surface area contributed by atoms with Gasteiger partial charge in [0.05, 0.1) is 18.5 Å². The molecular weight excluding hydrogens is 278 g/mol. The Morgan fingerprint density at radius 3 is 2.70 bits per heavy atom. The van der Waals surface area contributed by atoms with Crippen molar-refractivity contribution in [2.24, 2.45) is 0 Å². The first-order valence-corrected chi connectivity index (χ1v) is 8.54. The fourth-order valence-corrected chi connectivity index (χ4v) is 2.60. The minimum Gasteiger partial charge on any atom is -0.339 e. The number of aromatic nitrogens is 1.